The molecular weight excluding hydrogens is 206 g/mol. The molecule has 1 heteroatoms. The summed E-state index contributed by atoms with van der Waals surface area (Å²) in [6, 6.07) is 4.97. The van der Waals surface area contributed by atoms with Crippen LogP contribution in [-0.2, 0) is 6.42 Å². The number of hydrogen-bond donors (Lipinski definition) is 1. The van der Waals surface area contributed by atoms with Crippen molar-refractivity contribution in [1.29, 1.82) is 0 Å². The SMILES string of the molecule is Cc1cc(C)c(CC2=CCC(N)CC2)c(C)c1. The molecule has 0 amide bonds. The maximum Gasteiger partial charge on any atom is 0.00765 e. The van der Waals surface area contributed by atoms with Crippen LogP contribution in [0.25, 0.3) is 0 Å². The molecule has 1 nitrogen and oxygen atoms in total. The van der Waals surface area contributed by atoms with Crippen LogP contribution in [0.3, 0.4) is 0 Å². The van der Waals surface area contributed by atoms with Crippen LogP contribution in [0.4, 0.5) is 0 Å². The van der Waals surface area contributed by atoms with E-state index >= 15 is 0 Å². The topological polar surface area (TPSA) is 26.0 Å². The molecule has 1 unspecified atom stereocenters. The zero-order valence-electron chi connectivity index (χ0n) is 11.2. The summed E-state index contributed by atoms with van der Waals surface area (Å²) in [6.07, 6.45) is 6.85. The van der Waals surface area contributed by atoms with Crippen LogP contribution in [0.5, 0.6) is 0 Å². The largest absolute Gasteiger partial charge is 0.327 e. The molecule has 1 aromatic carbocycles. The van der Waals surface area contributed by atoms with Gasteiger partial charge in [0.15, 0.2) is 0 Å². The highest BCUT2D eigenvalue weighted by Crippen LogP contribution is 2.25. The molecule has 17 heavy (non-hydrogen) atoms. The van der Waals surface area contributed by atoms with Crippen LogP contribution >= 0.6 is 0 Å². The fourth-order valence-corrected chi connectivity index (χ4v) is 2.79. The highest BCUT2D eigenvalue weighted by Gasteiger charge is 2.12. The summed E-state index contributed by atoms with van der Waals surface area (Å²) in [4.78, 5) is 0. The van der Waals surface area contributed by atoms with Gasteiger partial charge in [-0.05, 0) is 63.1 Å². The van der Waals surface area contributed by atoms with Crippen molar-refractivity contribution in [2.45, 2.75) is 52.5 Å². The molecule has 0 spiro atoms. The van der Waals surface area contributed by atoms with E-state index in [1.54, 1.807) is 5.57 Å². The first-order valence-corrected chi connectivity index (χ1v) is 6.56. The zero-order valence-corrected chi connectivity index (χ0v) is 11.2. The minimum Gasteiger partial charge on any atom is -0.327 e. The van der Waals surface area contributed by atoms with Gasteiger partial charge in [0.05, 0.1) is 0 Å². The van der Waals surface area contributed by atoms with Crippen molar-refractivity contribution < 1.29 is 0 Å². The van der Waals surface area contributed by atoms with Gasteiger partial charge in [-0.1, -0.05) is 29.3 Å². The van der Waals surface area contributed by atoms with Crippen LogP contribution in [-0.4, -0.2) is 6.04 Å². The maximum absolute atomic E-state index is 5.93. The molecule has 1 aromatic rings. The Morgan fingerprint density at radius 3 is 2.35 bits per heavy atom. The van der Waals surface area contributed by atoms with Gasteiger partial charge in [0, 0.05) is 6.04 Å². The van der Waals surface area contributed by atoms with Gasteiger partial charge in [0.1, 0.15) is 0 Å². The molecule has 2 rings (SSSR count). The molecule has 0 aliphatic heterocycles. The molecule has 1 aliphatic carbocycles. The molecule has 1 aliphatic rings. The van der Waals surface area contributed by atoms with Crippen molar-refractivity contribution in [3.8, 4) is 0 Å². The summed E-state index contributed by atoms with van der Waals surface area (Å²) < 4.78 is 0. The second-order valence-corrected chi connectivity index (χ2v) is 5.45. The minimum atomic E-state index is 0.388. The molecule has 2 N–H and O–H groups in total. The predicted octanol–water partition coefficient (Wildman–Crippen LogP) is 3.59. The number of benzene rings is 1. The Morgan fingerprint density at radius 1 is 1.18 bits per heavy atom. The van der Waals surface area contributed by atoms with Crippen molar-refractivity contribution in [3.63, 3.8) is 0 Å². The van der Waals surface area contributed by atoms with E-state index in [1.165, 1.54) is 28.7 Å². The third kappa shape index (κ3) is 2.98. The summed E-state index contributed by atoms with van der Waals surface area (Å²) in [5.74, 6) is 0. The summed E-state index contributed by atoms with van der Waals surface area (Å²) >= 11 is 0. The fourth-order valence-electron chi connectivity index (χ4n) is 2.79. The van der Waals surface area contributed by atoms with Crippen LogP contribution < -0.4 is 5.73 Å². The molecule has 1 atom stereocenters. The molecular formula is C16H23N. The molecule has 0 saturated heterocycles. The van der Waals surface area contributed by atoms with E-state index < -0.39 is 0 Å². The van der Waals surface area contributed by atoms with Crippen molar-refractivity contribution in [3.05, 3.63) is 46.0 Å². The van der Waals surface area contributed by atoms with Gasteiger partial charge in [-0.2, -0.15) is 0 Å². The first-order chi connectivity index (χ1) is 8.06. The number of hydrogen-bond acceptors (Lipinski definition) is 1. The molecule has 0 aromatic heterocycles. The highest BCUT2D eigenvalue weighted by molar-refractivity contribution is 5.40. The Bertz CT molecular complexity index is 420. The van der Waals surface area contributed by atoms with Gasteiger partial charge in [-0.25, -0.2) is 0 Å². The lowest BCUT2D eigenvalue weighted by molar-refractivity contribution is 0.583. The van der Waals surface area contributed by atoms with Crippen molar-refractivity contribution in [1.82, 2.24) is 0 Å². The van der Waals surface area contributed by atoms with Crippen LogP contribution in [0.15, 0.2) is 23.8 Å². The van der Waals surface area contributed by atoms with E-state index in [0.717, 1.165) is 19.3 Å². The second kappa shape index (κ2) is 5.05. The molecule has 0 saturated carbocycles. The van der Waals surface area contributed by atoms with Gasteiger partial charge in [0.2, 0.25) is 0 Å². The number of allylic oxidation sites excluding steroid dienone is 1. The Balaban J connectivity index is 2.19. The number of nitrogens with two attached hydrogens (primary N) is 1. The van der Waals surface area contributed by atoms with Gasteiger partial charge >= 0.3 is 0 Å². The zero-order chi connectivity index (χ0) is 12.4. The van der Waals surface area contributed by atoms with Crippen molar-refractivity contribution >= 4 is 0 Å². The number of aryl methyl sites for hydroxylation is 3. The van der Waals surface area contributed by atoms with Crippen LogP contribution in [0.1, 0.15) is 41.5 Å². The average molecular weight is 229 g/mol. The Morgan fingerprint density at radius 2 is 1.82 bits per heavy atom. The normalized spacial score (nSPS) is 20.2. The highest BCUT2D eigenvalue weighted by atomic mass is 14.6. The second-order valence-electron chi connectivity index (χ2n) is 5.45. The van der Waals surface area contributed by atoms with Gasteiger partial charge < -0.3 is 5.73 Å². The number of rotatable bonds is 2. The van der Waals surface area contributed by atoms with E-state index in [-0.39, 0.29) is 0 Å². The third-order valence-corrected chi connectivity index (χ3v) is 3.79. The lowest BCUT2D eigenvalue weighted by Crippen LogP contribution is -2.22. The summed E-state index contributed by atoms with van der Waals surface area (Å²) in [7, 11) is 0. The Hall–Kier alpha value is -1.08. The van der Waals surface area contributed by atoms with Crippen molar-refractivity contribution in [2.75, 3.05) is 0 Å². The molecule has 0 fully saturated rings. The molecule has 0 bridgehead atoms. The first-order valence-electron chi connectivity index (χ1n) is 6.56. The minimum absolute atomic E-state index is 0.388. The lowest BCUT2D eigenvalue weighted by Gasteiger charge is -2.20. The van der Waals surface area contributed by atoms with Crippen LogP contribution in [0, 0.1) is 20.8 Å². The average Bonchev–Trinajstić information content (AvgIpc) is 2.26. The van der Waals surface area contributed by atoms with E-state index in [2.05, 4.69) is 39.0 Å². The molecule has 92 valence electrons. The van der Waals surface area contributed by atoms with Gasteiger partial charge in [0.25, 0.3) is 0 Å². The predicted molar refractivity (Wildman–Crippen MR) is 74.3 cm³/mol. The third-order valence-electron chi connectivity index (χ3n) is 3.79. The fraction of sp³-hybridized carbons (Fsp3) is 0.500. The Kier molecular flexibility index (Phi) is 3.68. The van der Waals surface area contributed by atoms with E-state index in [9.17, 15) is 0 Å². The van der Waals surface area contributed by atoms with Crippen LogP contribution in [0.2, 0.25) is 0 Å². The summed E-state index contributed by atoms with van der Waals surface area (Å²) in [5.41, 5.74) is 13.2. The van der Waals surface area contributed by atoms with Crippen molar-refractivity contribution in [2.24, 2.45) is 5.73 Å². The first kappa shape index (κ1) is 12.4. The van der Waals surface area contributed by atoms with Gasteiger partial charge in [-0.3, -0.25) is 0 Å². The monoisotopic (exact) mass is 229 g/mol. The summed E-state index contributed by atoms with van der Waals surface area (Å²) in [5, 5.41) is 0. The summed E-state index contributed by atoms with van der Waals surface area (Å²) in [6.45, 7) is 6.62. The standard InChI is InChI=1S/C16H23N/c1-11-8-12(2)16(13(3)9-11)10-14-4-6-15(17)7-5-14/h4,8-9,15H,5-7,10,17H2,1-3H3. The molecule has 0 heterocycles. The Labute approximate surface area is 105 Å². The maximum atomic E-state index is 5.93. The quantitative estimate of drug-likeness (QED) is 0.771. The van der Waals surface area contributed by atoms with E-state index in [4.69, 9.17) is 5.73 Å². The smallest absolute Gasteiger partial charge is 0.00765 e. The van der Waals surface area contributed by atoms with Gasteiger partial charge in [-0.15, -0.1) is 0 Å². The lowest BCUT2D eigenvalue weighted by atomic mass is 9.88. The van der Waals surface area contributed by atoms with E-state index in [0.29, 0.717) is 6.04 Å². The molecule has 0 radical (unpaired) electrons. The van der Waals surface area contributed by atoms with E-state index in [1.807, 2.05) is 0 Å².